The minimum absolute atomic E-state index is 0.0638. The first-order chi connectivity index (χ1) is 5.46. The van der Waals surface area contributed by atoms with Crippen LogP contribution < -0.4 is 0 Å². The molecule has 1 unspecified atom stereocenters. The highest BCUT2D eigenvalue weighted by atomic mass is 35.5. The van der Waals surface area contributed by atoms with Crippen LogP contribution in [0.3, 0.4) is 0 Å². The van der Waals surface area contributed by atoms with Crippen LogP contribution in [-0.2, 0) is 4.79 Å². The zero-order valence-electron chi connectivity index (χ0n) is 5.44. The SMILES string of the molecule is O=C1C(O)=C(Cl)C(Cl)=C(Cl)C1Cl. The molecule has 2 nitrogen and oxygen atoms in total. The van der Waals surface area contributed by atoms with Crippen LogP contribution in [0.25, 0.3) is 0 Å². The Morgan fingerprint density at radius 2 is 1.67 bits per heavy atom. The molecule has 1 rings (SSSR count). The van der Waals surface area contributed by atoms with Crippen molar-refractivity contribution < 1.29 is 9.90 Å². The smallest absolute Gasteiger partial charge is 0.221 e. The topological polar surface area (TPSA) is 37.3 Å². The Labute approximate surface area is 88.3 Å². The molecule has 0 saturated carbocycles. The predicted molar refractivity (Wildman–Crippen MR) is 48.9 cm³/mol. The van der Waals surface area contributed by atoms with Crippen molar-refractivity contribution >= 4 is 52.2 Å². The molecule has 0 aromatic rings. The summed E-state index contributed by atoms with van der Waals surface area (Å²) in [4.78, 5) is 11.0. The quantitative estimate of drug-likeness (QED) is 0.669. The van der Waals surface area contributed by atoms with E-state index in [4.69, 9.17) is 51.5 Å². The van der Waals surface area contributed by atoms with E-state index in [1.54, 1.807) is 0 Å². The summed E-state index contributed by atoms with van der Waals surface area (Å²) >= 11 is 22.0. The van der Waals surface area contributed by atoms with Gasteiger partial charge in [-0.15, -0.1) is 11.6 Å². The Bertz CT molecular complexity index is 305. The van der Waals surface area contributed by atoms with Gasteiger partial charge in [0.1, 0.15) is 10.4 Å². The van der Waals surface area contributed by atoms with E-state index in [0.717, 1.165) is 0 Å². The second-order valence-corrected chi connectivity index (χ2v) is 3.65. The van der Waals surface area contributed by atoms with Crippen molar-refractivity contribution in [3.63, 3.8) is 0 Å². The van der Waals surface area contributed by atoms with E-state index in [1.165, 1.54) is 0 Å². The van der Waals surface area contributed by atoms with Gasteiger partial charge in [0.25, 0.3) is 0 Å². The van der Waals surface area contributed by atoms with Gasteiger partial charge in [-0.3, -0.25) is 4.79 Å². The molecule has 0 aromatic heterocycles. The van der Waals surface area contributed by atoms with Crippen LogP contribution >= 0.6 is 46.4 Å². The third-order valence-electron chi connectivity index (χ3n) is 1.30. The maximum absolute atomic E-state index is 11.0. The van der Waals surface area contributed by atoms with Gasteiger partial charge in [-0.2, -0.15) is 0 Å². The van der Waals surface area contributed by atoms with Crippen molar-refractivity contribution in [3.8, 4) is 0 Å². The lowest BCUT2D eigenvalue weighted by Gasteiger charge is -2.15. The number of allylic oxidation sites excluding steroid dienone is 4. The molecule has 0 radical (unpaired) electrons. The first-order valence-corrected chi connectivity index (χ1v) is 4.36. The summed E-state index contributed by atoms with van der Waals surface area (Å²) in [5, 5.41) is 7.49. The number of ketones is 1. The van der Waals surface area contributed by atoms with E-state index in [0.29, 0.717) is 0 Å². The van der Waals surface area contributed by atoms with Crippen molar-refractivity contribution in [2.75, 3.05) is 0 Å². The molecule has 6 heteroatoms. The second-order valence-electron chi connectivity index (χ2n) is 2.05. The van der Waals surface area contributed by atoms with Crippen molar-refractivity contribution in [1.29, 1.82) is 0 Å². The number of halogens is 4. The van der Waals surface area contributed by atoms with Gasteiger partial charge in [0.05, 0.1) is 10.1 Å². The molecule has 1 aliphatic carbocycles. The highest BCUT2D eigenvalue weighted by Crippen LogP contribution is 2.36. The fourth-order valence-corrected chi connectivity index (χ4v) is 1.57. The fourth-order valence-electron chi connectivity index (χ4n) is 0.663. The average Bonchev–Trinajstić information content (AvgIpc) is 2.08. The first kappa shape index (κ1) is 10.2. The van der Waals surface area contributed by atoms with Gasteiger partial charge >= 0.3 is 0 Å². The lowest BCUT2D eigenvalue weighted by Crippen LogP contribution is -2.22. The zero-order chi connectivity index (χ0) is 9.46. The summed E-state index contributed by atoms with van der Waals surface area (Å²) in [6.45, 7) is 0. The van der Waals surface area contributed by atoms with Gasteiger partial charge in [-0.25, -0.2) is 0 Å². The monoisotopic (exact) mass is 246 g/mol. The van der Waals surface area contributed by atoms with E-state index in [1.807, 2.05) is 0 Å². The maximum Gasteiger partial charge on any atom is 0.221 e. The van der Waals surface area contributed by atoms with Crippen molar-refractivity contribution in [3.05, 3.63) is 20.9 Å². The van der Waals surface area contributed by atoms with Crippen LogP contribution in [0.1, 0.15) is 0 Å². The Morgan fingerprint density at radius 3 is 2.17 bits per heavy atom. The maximum atomic E-state index is 11.0. The number of aliphatic hydroxyl groups excluding tert-OH is 1. The van der Waals surface area contributed by atoms with Crippen LogP contribution in [-0.4, -0.2) is 16.3 Å². The molecular weight excluding hydrogens is 246 g/mol. The molecule has 0 aromatic carbocycles. The van der Waals surface area contributed by atoms with Crippen LogP contribution in [0.5, 0.6) is 0 Å². The molecule has 1 N–H and O–H groups in total. The molecule has 0 fully saturated rings. The molecule has 0 amide bonds. The normalized spacial score (nSPS) is 25.3. The molecule has 0 saturated heterocycles. The molecule has 0 bridgehead atoms. The Balaban J connectivity index is 3.27. The van der Waals surface area contributed by atoms with E-state index >= 15 is 0 Å². The van der Waals surface area contributed by atoms with Gasteiger partial charge in [0, 0.05) is 0 Å². The minimum Gasteiger partial charge on any atom is -0.503 e. The lowest BCUT2D eigenvalue weighted by atomic mass is 10.1. The Morgan fingerprint density at radius 1 is 1.17 bits per heavy atom. The lowest BCUT2D eigenvalue weighted by molar-refractivity contribution is -0.117. The molecule has 0 aliphatic heterocycles. The van der Waals surface area contributed by atoms with Crippen LogP contribution in [0.4, 0.5) is 0 Å². The van der Waals surface area contributed by atoms with E-state index < -0.39 is 16.9 Å². The van der Waals surface area contributed by atoms with E-state index in [2.05, 4.69) is 0 Å². The molecular formula is C6H2Cl4O2. The molecule has 12 heavy (non-hydrogen) atoms. The number of hydrogen-bond acceptors (Lipinski definition) is 2. The van der Waals surface area contributed by atoms with Gasteiger partial charge < -0.3 is 5.11 Å². The Hall–Kier alpha value is 0.110. The largest absolute Gasteiger partial charge is 0.503 e. The van der Waals surface area contributed by atoms with Crippen molar-refractivity contribution in [2.45, 2.75) is 5.38 Å². The van der Waals surface area contributed by atoms with Gasteiger partial charge in [0.2, 0.25) is 5.78 Å². The number of alkyl halides is 1. The second kappa shape index (κ2) is 3.46. The molecule has 66 valence electrons. The third kappa shape index (κ3) is 1.44. The van der Waals surface area contributed by atoms with E-state index in [-0.39, 0.29) is 15.1 Å². The van der Waals surface area contributed by atoms with Gasteiger partial charge in [-0.05, 0) is 0 Å². The van der Waals surface area contributed by atoms with Gasteiger partial charge in [0.15, 0.2) is 5.76 Å². The van der Waals surface area contributed by atoms with Crippen LogP contribution in [0.2, 0.25) is 0 Å². The summed E-state index contributed by atoms with van der Waals surface area (Å²) in [7, 11) is 0. The molecule has 0 spiro atoms. The summed E-state index contributed by atoms with van der Waals surface area (Å²) in [5.41, 5.74) is 0. The highest BCUT2D eigenvalue weighted by Gasteiger charge is 2.33. The van der Waals surface area contributed by atoms with Crippen molar-refractivity contribution in [2.24, 2.45) is 0 Å². The Kier molecular flexibility index (Phi) is 2.94. The molecule has 1 aliphatic rings. The summed E-state index contributed by atoms with van der Waals surface area (Å²) in [5.74, 6) is -1.39. The summed E-state index contributed by atoms with van der Waals surface area (Å²) in [6.07, 6.45) is 0. The number of rotatable bonds is 0. The average molecular weight is 248 g/mol. The van der Waals surface area contributed by atoms with E-state index in [9.17, 15) is 4.79 Å². The highest BCUT2D eigenvalue weighted by molar-refractivity contribution is 6.55. The first-order valence-electron chi connectivity index (χ1n) is 2.79. The summed E-state index contributed by atoms with van der Waals surface area (Å²) < 4.78 is 0. The van der Waals surface area contributed by atoms with Crippen LogP contribution in [0.15, 0.2) is 20.9 Å². The fraction of sp³-hybridized carbons (Fsp3) is 0.167. The van der Waals surface area contributed by atoms with Crippen LogP contribution in [0, 0.1) is 0 Å². The number of carbonyl (C=O) groups is 1. The molecule has 1 atom stereocenters. The summed E-state index contributed by atoms with van der Waals surface area (Å²) in [6, 6.07) is 0. The number of carbonyl (C=O) groups excluding carboxylic acids is 1. The predicted octanol–water partition coefficient (Wildman–Crippen LogP) is 2.87. The van der Waals surface area contributed by atoms with Crippen molar-refractivity contribution in [1.82, 2.24) is 0 Å². The number of Topliss-reactive ketones (excluding diaryl/α,β-unsaturated/α-hetero) is 1. The number of aliphatic hydroxyl groups is 1. The zero-order valence-corrected chi connectivity index (χ0v) is 8.47. The van der Waals surface area contributed by atoms with Gasteiger partial charge in [-0.1, -0.05) is 34.8 Å². The number of hydrogen-bond donors (Lipinski definition) is 1. The minimum atomic E-state index is -1.14. The molecule has 0 heterocycles. The standard InChI is InChI=1S/C6H2Cl4O2/c7-1-2(8)4(10)6(12)5(11)3(1)9/h3,12H. The third-order valence-corrected chi connectivity index (χ3v) is 3.19.